The summed E-state index contributed by atoms with van der Waals surface area (Å²) in [7, 11) is 1.70. The standard InChI is InChI=1S/C12H19N3O/c1-16-8-7-14-12-10(3-2-6-13-12)9-15-11-4-5-11/h2-3,6,11,15H,4-5,7-9H2,1H3,(H,13,14). The van der Waals surface area contributed by atoms with Crippen LogP contribution in [0.15, 0.2) is 18.3 Å². The van der Waals surface area contributed by atoms with Gasteiger partial charge in [-0.15, -0.1) is 0 Å². The fourth-order valence-electron chi connectivity index (χ4n) is 1.55. The molecule has 0 bridgehead atoms. The lowest BCUT2D eigenvalue weighted by atomic mass is 10.2. The number of methoxy groups -OCH3 is 1. The molecule has 0 atom stereocenters. The quantitative estimate of drug-likeness (QED) is 0.683. The fraction of sp³-hybridized carbons (Fsp3) is 0.583. The molecule has 0 saturated heterocycles. The van der Waals surface area contributed by atoms with Gasteiger partial charge in [0.25, 0.3) is 0 Å². The molecule has 0 amide bonds. The molecule has 4 heteroatoms. The van der Waals surface area contributed by atoms with E-state index < -0.39 is 0 Å². The van der Waals surface area contributed by atoms with E-state index in [9.17, 15) is 0 Å². The number of anilines is 1. The Bertz CT molecular complexity index is 326. The Morgan fingerprint density at radius 3 is 3.12 bits per heavy atom. The van der Waals surface area contributed by atoms with E-state index in [0.717, 1.165) is 24.9 Å². The topological polar surface area (TPSA) is 46.2 Å². The normalized spacial score (nSPS) is 15.1. The van der Waals surface area contributed by atoms with Gasteiger partial charge < -0.3 is 15.4 Å². The Morgan fingerprint density at radius 1 is 1.50 bits per heavy atom. The molecule has 0 aliphatic heterocycles. The molecule has 1 aliphatic rings. The first-order valence-electron chi connectivity index (χ1n) is 5.80. The van der Waals surface area contributed by atoms with Crippen LogP contribution in [-0.4, -0.2) is 31.3 Å². The molecule has 1 aliphatic carbocycles. The lowest BCUT2D eigenvalue weighted by Gasteiger charge is -2.10. The van der Waals surface area contributed by atoms with E-state index in [1.54, 1.807) is 7.11 Å². The lowest BCUT2D eigenvalue weighted by Crippen LogP contribution is -2.18. The third kappa shape index (κ3) is 3.47. The first-order valence-corrected chi connectivity index (χ1v) is 5.80. The summed E-state index contributed by atoms with van der Waals surface area (Å²) < 4.78 is 5.01. The van der Waals surface area contributed by atoms with E-state index in [1.165, 1.54) is 18.4 Å². The van der Waals surface area contributed by atoms with Gasteiger partial charge in [-0.2, -0.15) is 0 Å². The van der Waals surface area contributed by atoms with Crippen LogP contribution in [0.25, 0.3) is 0 Å². The summed E-state index contributed by atoms with van der Waals surface area (Å²) in [6.07, 6.45) is 4.44. The van der Waals surface area contributed by atoms with E-state index in [0.29, 0.717) is 6.61 Å². The molecule has 0 unspecified atom stereocenters. The minimum absolute atomic E-state index is 0.700. The second kappa shape index (κ2) is 5.82. The molecule has 1 saturated carbocycles. The molecule has 1 fully saturated rings. The van der Waals surface area contributed by atoms with Gasteiger partial charge >= 0.3 is 0 Å². The second-order valence-corrected chi connectivity index (χ2v) is 4.09. The zero-order valence-corrected chi connectivity index (χ0v) is 9.70. The summed E-state index contributed by atoms with van der Waals surface area (Å²) in [6, 6.07) is 4.81. The van der Waals surface area contributed by atoms with E-state index in [4.69, 9.17) is 4.74 Å². The Labute approximate surface area is 96.4 Å². The molecule has 2 N–H and O–H groups in total. The summed E-state index contributed by atoms with van der Waals surface area (Å²) >= 11 is 0. The van der Waals surface area contributed by atoms with Crippen molar-refractivity contribution in [3.05, 3.63) is 23.9 Å². The predicted octanol–water partition coefficient (Wildman–Crippen LogP) is 1.39. The minimum atomic E-state index is 0.700. The van der Waals surface area contributed by atoms with E-state index in [2.05, 4.69) is 21.7 Å². The highest BCUT2D eigenvalue weighted by Crippen LogP contribution is 2.20. The predicted molar refractivity (Wildman–Crippen MR) is 64.5 cm³/mol. The van der Waals surface area contributed by atoms with Crippen LogP contribution in [0.4, 0.5) is 5.82 Å². The van der Waals surface area contributed by atoms with Crippen molar-refractivity contribution >= 4 is 5.82 Å². The summed E-state index contributed by atoms with van der Waals surface area (Å²) in [5.41, 5.74) is 1.23. The highest BCUT2D eigenvalue weighted by molar-refractivity contribution is 5.43. The number of hydrogen-bond donors (Lipinski definition) is 2. The van der Waals surface area contributed by atoms with Gasteiger partial charge in [-0.05, 0) is 18.9 Å². The molecule has 1 aromatic rings. The van der Waals surface area contributed by atoms with Crippen LogP contribution in [0.2, 0.25) is 0 Å². The Balaban J connectivity index is 1.87. The van der Waals surface area contributed by atoms with Gasteiger partial charge in [-0.25, -0.2) is 4.98 Å². The Hall–Kier alpha value is -1.13. The van der Waals surface area contributed by atoms with Crippen molar-refractivity contribution in [2.45, 2.75) is 25.4 Å². The second-order valence-electron chi connectivity index (χ2n) is 4.09. The number of pyridine rings is 1. The summed E-state index contributed by atoms with van der Waals surface area (Å²) in [4.78, 5) is 4.34. The number of aromatic nitrogens is 1. The van der Waals surface area contributed by atoms with Gasteiger partial charge in [0.2, 0.25) is 0 Å². The zero-order valence-electron chi connectivity index (χ0n) is 9.70. The Kier molecular flexibility index (Phi) is 4.13. The van der Waals surface area contributed by atoms with E-state index >= 15 is 0 Å². The third-order valence-electron chi connectivity index (χ3n) is 2.65. The fourth-order valence-corrected chi connectivity index (χ4v) is 1.55. The highest BCUT2D eigenvalue weighted by atomic mass is 16.5. The van der Waals surface area contributed by atoms with Crippen LogP contribution in [-0.2, 0) is 11.3 Å². The zero-order chi connectivity index (χ0) is 11.2. The van der Waals surface area contributed by atoms with Crippen molar-refractivity contribution in [3.8, 4) is 0 Å². The van der Waals surface area contributed by atoms with Crippen LogP contribution < -0.4 is 10.6 Å². The molecule has 0 spiro atoms. The molecule has 0 aromatic carbocycles. The first-order chi connectivity index (χ1) is 7.90. The number of ether oxygens (including phenoxy) is 1. The molecule has 4 nitrogen and oxygen atoms in total. The highest BCUT2D eigenvalue weighted by Gasteiger charge is 2.20. The van der Waals surface area contributed by atoms with Crippen molar-refractivity contribution in [2.75, 3.05) is 25.6 Å². The van der Waals surface area contributed by atoms with Crippen molar-refractivity contribution in [2.24, 2.45) is 0 Å². The molecule has 16 heavy (non-hydrogen) atoms. The van der Waals surface area contributed by atoms with Gasteiger partial charge in [0.1, 0.15) is 5.82 Å². The monoisotopic (exact) mass is 221 g/mol. The van der Waals surface area contributed by atoms with Gasteiger partial charge in [0, 0.05) is 38.0 Å². The molecular formula is C12H19N3O. The average molecular weight is 221 g/mol. The van der Waals surface area contributed by atoms with Crippen molar-refractivity contribution in [1.29, 1.82) is 0 Å². The summed E-state index contributed by atoms with van der Waals surface area (Å²) in [5, 5.41) is 6.77. The number of rotatable bonds is 7. The number of hydrogen-bond acceptors (Lipinski definition) is 4. The van der Waals surface area contributed by atoms with Gasteiger partial charge in [-0.3, -0.25) is 0 Å². The number of nitrogens with one attached hydrogen (secondary N) is 2. The van der Waals surface area contributed by atoms with Crippen LogP contribution in [0.1, 0.15) is 18.4 Å². The SMILES string of the molecule is COCCNc1ncccc1CNC1CC1. The molecule has 88 valence electrons. The molecule has 1 aromatic heterocycles. The van der Waals surface area contributed by atoms with E-state index in [1.807, 2.05) is 12.3 Å². The van der Waals surface area contributed by atoms with Gasteiger partial charge in [-0.1, -0.05) is 6.07 Å². The van der Waals surface area contributed by atoms with Crippen LogP contribution >= 0.6 is 0 Å². The largest absolute Gasteiger partial charge is 0.383 e. The minimum Gasteiger partial charge on any atom is -0.383 e. The maximum atomic E-state index is 5.01. The van der Waals surface area contributed by atoms with Crippen molar-refractivity contribution in [3.63, 3.8) is 0 Å². The van der Waals surface area contributed by atoms with Gasteiger partial charge in [0.05, 0.1) is 6.61 Å². The van der Waals surface area contributed by atoms with Crippen molar-refractivity contribution < 1.29 is 4.74 Å². The van der Waals surface area contributed by atoms with Crippen LogP contribution in [0.3, 0.4) is 0 Å². The average Bonchev–Trinajstić information content (AvgIpc) is 3.12. The van der Waals surface area contributed by atoms with Gasteiger partial charge in [0.15, 0.2) is 0 Å². The smallest absolute Gasteiger partial charge is 0.130 e. The molecule has 2 rings (SSSR count). The van der Waals surface area contributed by atoms with Crippen molar-refractivity contribution in [1.82, 2.24) is 10.3 Å². The lowest BCUT2D eigenvalue weighted by molar-refractivity contribution is 0.210. The molecule has 1 heterocycles. The van der Waals surface area contributed by atoms with E-state index in [-0.39, 0.29) is 0 Å². The van der Waals surface area contributed by atoms with Crippen LogP contribution in [0.5, 0.6) is 0 Å². The number of nitrogens with zero attached hydrogens (tertiary/aromatic N) is 1. The molecular weight excluding hydrogens is 202 g/mol. The summed E-state index contributed by atoms with van der Waals surface area (Å²) in [6.45, 7) is 2.39. The first kappa shape index (κ1) is 11.4. The Morgan fingerprint density at radius 2 is 2.38 bits per heavy atom. The summed E-state index contributed by atoms with van der Waals surface area (Å²) in [5.74, 6) is 0.965. The molecule has 0 radical (unpaired) electrons. The maximum Gasteiger partial charge on any atom is 0.130 e. The maximum absolute atomic E-state index is 5.01. The van der Waals surface area contributed by atoms with Crippen LogP contribution in [0, 0.1) is 0 Å². The third-order valence-corrected chi connectivity index (χ3v) is 2.65.